The molecule has 1 N–H and O–H groups in total. The standard InChI is InChI=1S/C14H14BrN5O2/c1-8-4-12(20-14(18-8)16-7-17-20)19-9-5-10(21-2)13(15)11(6-9)22-3/h4-7,19H,1-3H3. The highest BCUT2D eigenvalue weighted by Crippen LogP contribution is 2.38. The molecule has 7 nitrogen and oxygen atoms in total. The Morgan fingerprint density at radius 1 is 1.14 bits per heavy atom. The summed E-state index contributed by atoms with van der Waals surface area (Å²) in [5.74, 6) is 2.63. The first-order chi connectivity index (χ1) is 10.6. The molecular formula is C14H14BrN5O2. The zero-order chi connectivity index (χ0) is 15.7. The van der Waals surface area contributed by atoms with Crippen LogP contribution in [-0.4, -0.2) is 33.8 Å². The molecule has 0 unspecified atom stereocenters. The number of benzene rings is 1. The van der Waals surface area contributed by atoms with Crippen molar-refractivity contribution in [2.24, 2.45) is 0 Å². The van der Waals surface area contributed by atoms with Crippen molar-refractivity contribution in [1.82, 2.24) is 19.6 Å². The van der Waals surface area contributed by atoms with Gasteiger partial charge in [-0.05, 0) is 22.9 Å². The first-order valence-electron chi connectivity index (χ1n) is 6.48. The Bertz CT molecular complexity index is 808. The average Bonchev–Trinajstić information content (AvgIpc) is 2.97. The molecule has 22 heavy (non-hydrogen) atoms. The van der Waals surface area contributed by atoms with Gasteiger partial charge < -0.3 is 14.8 Å². The Hall–Kier alpha value is -2.35. The van der Waals surface area contributed by atoms with Crippen molar-refractivity contribution in [3.63, 3.8) is 0 Å². The van der Waals surface area contributed by atoms with Gasteiger partial charge >= 0.3 is 0 Å². The normalized spacial score (nSPS) is 10.7. The summed E-state index contributed by atoms with van der Waals surface area (Å²) in [6.07, 6.45) is 1.47. The second-order valence-electron chi connectivity index (χ2n) is 4.57. The van der Waals surface area contributed by atoms with Crippen LogP contribution in [-0.2, 0) is 0 Å². The van der Waals surface area contributed by atoms with Crippen molar-refractivity contribution in [3.8, 4) is 11.5 Å². The first kappa shape index (κ1) is 14.6. The molecule has 8 heteroatoms. The Labute approximate surface area is 135 Å². The minimum atomic E-state index is 0.540. The molecule has 0 saturated carbocycles. The Morgan fingerprint density at radius 3 is 2.45 bits per heavy atom. The van der Waals surface area contributed by atoms with E-state index >= 15 is 0 Å². The summed E-state index contributed by atoms with van der Waals surface area (Å²) in [5.41, 5.74) is 1.65. The highest BCUT2D eigenvalue weighted by Gasteiger charge is 2.12. The first-order valence-corrected chi connectivity index (χ1v) is 7.27. The quantitative estimate of drug-likeness (QED) is 0.767. The van der Waals surface area contributed by atoms with Crippen molar-refractivity contribution in [2.45, 2.75) is 6.92 Å². The number of fused-ring (bicyclic) bond motifs is 1. The highest BCUT2D eigenvalue weighted by atomic mass is 79.9. The second kappa shape index (κ2) is 5.80. The smallest absolute Gasteiger partial charge is 0.254 e. The van der Waals surface area contributed by atoms with Gasteiger partial charge in [-0.1, -0.05) is 0 Å². The zero-order valence-electron chi connectivity index (χ0n) is 12.3. The molecule has 2 aromatic heterocycles. The largest absolute Gasteiger partial charge is 0.495 e. The fourth-order valence-electron chi connectivity index (χ4n) is 2.11. The van der Waals surface area contributed by atoms with Gasteiger partial charge in [-0.2, -0.15) is 14.6 Å². The van der Waals surface area contributed by atoms with Crippen LogP contribution in [0, 0.1) is 6.92 Å². The van der Waals surface area contributed by atoms with Gasteiger partial charge in [-0.3, -0.25) is 0 Å². The third kappa shape index (κ3) is 2.57. The molecule has 0 aliphatic heterocycles. The second-order valence-corrected chi connectivity index (χ2v) is 5.37. The van der Waals surface area contributed by atoms with Gasteiger partial charge in [-0.25, -0.2) is 4.98 Å². The molecule has 0 aliphatic rings. The molecule has 0 bridgehead atoms. The maximum Gasteiger partial charge on any atom is 0.254 e. The third-order valence-electron chi connectivity index (χ3n) is 3.10. The molecule has 3 aromatic rings. The van der Waals surface area contributed by atoms with Crippen LogP contribution < -0.4 is 14.8 Å². The molecule has 2 heterocycles. The Balaban J connectivity index is 2.06. The fraction of sp³-hybridized carbons (Fsp3) is 0.214. The van der Waals surface area contributed by atoms with Gasteiger partial charge in [0.2, 0.25) is 0 Å². The highest BCUT2D eigenvalue weighted by molar-refractivity contribution is 9.10. The molecule has 0 radical (unpaired) electrons. The van der Waals surface area contributed by atoms with Crippen LogP contribution in [0.5, 0.6) is 11.5 Å². The summed E-state index contributed by atoms with van der Waals surface area (Å²) in [4.78, 5) is 8.42. The van der Waals surface area contributed by atoms with Crippen molar-refractivity contribution >= 4 is 33.2 Å². The minimum absolute atomic E-state index is 0.540. The Kier molecular flexibility index (Phi) is 3.84. The van der Waals surface area contributed by atoms with Gasteiger partial charge in [0, 0.05) is 29.6 Å². The lowest BCUT2D eigenvalue weighted by molar-refractivity contribution is 0.390. The van der Waals surface area contributed by atoms with Crippen LogP contribution in [0.1, 0.15) is 5.69 Å². The van der Waals surface area contributed by atoms with E-state index in [-0.39, 0.29) is 0 Å². The van der Waals surface area contributed by atoms with Crippen molar-refractivity contribution in [1.29, 1.82) is 0 Å². The summed E-state index contributed by atoms with van der Waals surface area (Å²) in [6, 6.07) is 5.62. The fourth-order valence-corrected chi connectivity index (χ4v) is 2.66. The van der Waals surface area contributed by atoms with E-state index in [1.165, 1.54) is 6.33 Å². The summed E-state index contributed by atoms with van der Waals surface area (Å²) < 4.78 is 13.1. The van der Waals surface area contributed by atoms with Crippen molar-refractivity contribution in [3.05, 3.63) is 34.7 Å². The molecule has 0 saturated heterocycles. The molecule has 0 spiro atoms. The van der Waals surface area contributed by atoms with E-state index in [1.807, 2.05) is 25.1 Å². The van der Waals surface area contributed by atoms with E-state index < -0.39 is 0 Å². The molecule has 0 aliphatic carbocycles. The number of nitrogens with one attached hydrogen (secondary N) is 1. The molecule has 3 rings (SSSR count). The number of rotatable bonds is 4. The predicted molar refractivity (Wildman–Crippen MR) is 86.0 cm³/mol. The van der Waals surface area contributed by atoms with E-state index in [4.69, 9.17) is 9.47 Å². The van der Waals surface area contributed by atoms with E-state index in [0.29, 0.717) is 17.3 Å². The van der Waals surface area contributed by atoms with Gasteiger partial charge in [0.05, 0.1) is 14.2 Å². The molecule has 0 amide bonds. The lowest BCUT2D eigenvalue weighted by Gasteiger charge is -2.13. The summed E-state index contributed by atoms with van der Waals surface area (Å²) >= 11 is 3.45. The number of methoxy groups -OCH3 is 2. The van der Waals surface area contributed by atoms with E-state index in [1.54, 1.807) is 18.7 Å². The van der Waals surface area contributed by atoms with Crippen LogP contribution in [0.15, 0.2) is 29.0 Å². The number of halogens is 1. The molecule has 0 fully saturated rings. The maximum absolute atomic E-state index is 5.35. The summed E-state index contributed by atoms with van der Waals surface area (Å²) in [7, 11) is 3.21. The van der Waals surface area contributed by atoms with Crippen LogP contribution in [0.3, 0.4) is 0 Å². The number of anilines is 2. The van der Waals surface area contributed by atoms with Crippen LogP contribution in [0.2, 0.25) is 0 Å². The molecule has 114 valence electrons. The Morgan fingerprint density at radius 2 is 1.82 bits per heavy atom. The van der Waals surface area contributed by atoms with Gasteiger partial charge in [0.15, 0.2) is 0 Å². The maximum atomic E-state index is 5.35. The predicted octanol–water partition coefficient (Wildman–Crippen LogP) is 2.96. The van der Waals surface area contributed by atoms with Crippen LogP contribution in [0.25, 0.3) is 5.78 Å². The van der Waals surface area contributed by atoms with Crippen LogP contribution in [0.4, 0.5) is 11.5 Å². The number of aromatic nitrogens is 4. The number of hydrogen-bond donors (Lipinski definition) is 1. The van der Waals surface area contributed by atoms with E-state index in [9.17, 15) is 0 Å². The molecule has 0 atom stereocenters. The third-order valence-corrected chi connectivity index (χ3v) is 3.88. The van der Waals surface area contributed by atoms with Crippen molar-refractivity contribution < 1.29 is 9.47 Å². The number of nitrogens with zero attached hydrogens (tertiary/aromatic N) is 4. The number of ether oxygens (including phenoxy) is 2. The van der Waals surface area contributed by atoms with Crippen molar-refractivity contribution in [2.75, 3.05) is 19.5 Å². The van der Waals surface area contributed by atoms with Crippen LogP contribution >= 0.6 is 15.9 Å². The topological polar surface area (TPSA) is 73.6 Å². The van der Waals surface area contributed by atoms with Gasteiger partial charge in [0.25, 0.3) is 5.78 Å². The number of aryl methyl sites for hydroxylation is 1. The summed E-state index contributed by atoms with van der Waals surface area (Å²) in [5, 5.41) is 7.46. The number of hydrogen-bond acceptors (Lipinski definition) is 6. The van der Waals surface area contributed by atoms with E-state index in [2.05, 4.69) is 36.3 Å². The molecule has 1 aromatic carbocycles. The average molecular weight is 364 g/mol. The molecular weight excluding hydrogens is 350 g/mol. The monoisotopic (exact) mass is 363 g/mol. The van der Waals surface area contributed by atoms with Gasteiger partial charge in [-0.15, -0.1) is 0 Å². The SMILES string of the molecule is COc1cc(Nc2cc(C)nc3ncnn23)cc(OC)c1Br. The summed E-state index contributed by atoms with van der Waals surface area (Å²) in [6.45, 7) is 1.91. The lowest BCUT2D eigenvalue weighted by atomic mass is 10.2. The van der Waals surface area contributed by atoms with Gasteiger partial charge in [0.1, 0.15) is 28.1 Å². The van der Waals surface area contributed by atoms with E-state index in [0.717, 1.165) is 21.7 Å². The zero-order valence-corrected chi connectivity index (χ0v) is 13.9. The lowest BCUT2D eigenvalue weighted by Crippen LogP contribution is -2.03. The minimum Gasteiger partial charge on any atom is -0.495 e.